The molecule has 0 saturated heterocycles. The Hall–Kier alpha value is -0.240. The van der Waals surface area contributed by atoms with Crippen LogP contribution in [0.1, 0.15) is 40.5 Å². The molecule has 84 valence electrons. The van der Waals surface area contributed by atoms with Gasteiger partial charge in [-0.3, -0.25) is 4.79 Å². The second-order valence-electron chi connectivity index (χ2n) is 4.50. The van der Waals surface area contributed by atoms with E-state index in [2.05, 4.69) is 20.8 Å². The van der Waals surface area contributed by atoms with Crippen molar-refractivity contribution in [1.29, 1.82) is 0 Å². The maximum atomic E-state index is 11.6. The average molecular weight is 221 g/mol. The molecule has 0 aliphatic rings. The molecule has 1 unspecified atom stereocenters. The van der Waals surface area contributed by atoms with Gasteiger partial charge in [-0.15, -0.1) is 11.6 Å². The summed E-state index contributed by atoms with van der Waals surface area (Å²) in [6.45, 7) is 8.46. The molecule has 0 radical (unpaired) electrons. The maximum Gasteiger partial charge on any atom is 0.309 e. The van der Waals surface area contributed by atoms with Crippen molar-refractivity contribution in [2.24, 2.45) is 11.3 Å². The fourth-order valence-electron chi connectivity index (χ4n) is 1.43. The van der Waals surface area contributed by atoms with Gasteiger partial charge in [0.25, 0.3) is 0 Å². The summed E-state index contributed by atoms with van der Waals surface area (Å²) in [6.07, 6.45) is 1.67. The molecule has 0 aromatic carbocycles. The van der Waals surface area contributed by atoms with Crippen LogP contribution in [-0.4, -0.2) is 18.5 Å². The van der Waals surface area contributed by atoms with Gasteiger partial charge in [-0.1, -0.05) is 20.8 Å². The van der Waals surface area contributed by atoms with Gasteiger partial charge >= 0.3 is 5.97 Å². The zero-order valence-electron chi connectivity index (χ0n) is 9.60. The second kappa shape index (κ2) is 6.28. The molecule has 0 fully saturated rings. The Morgan fingerprint density at radius 3 is 2.36 bits per heavy atom. The van der Waals surface area contributed by atoms with E-state index in [-0.39, 0.29) is 17.3 Å². The van der Waals surface area contributed by atoms with Crippen LogP contribution in [0.4, 0.5) is 0 Å². The lowest BCUT2D eigenvalue weighted by molar-refractivity contribution is -0.152. The third kappa shape index (κ3) is 4.85. The summed E-state index contributed by atoms with van der Waals surface area (Å²) in [7, 11) is 0. The number of hydrogen-bond acceptors (Lipinski definition) is 2. The van der Waals surface area contributed by atoms with Gasteiger partial charge in [0.2, 0.25) is 0 Å². The molecule has 0 spiro atoms. The Labute approximate surface area is 92.0 Å². The van der Waals surface area contributed by atoms with Gasteiger partial charge in [0, 0.05) is 5.88 Å². The minimum absolute atomic E-state index is 0.0406. The zero-order chi connectivity index (χ0) is 11.2. The fourth-order valence-corrected chi connectivity index (χ4v) is 1.58. The van der Waals surface area contributed by atoms with Crippen molar-refractivity contribution in [3.8, 4) is 0 Å². The van der Waals surface area contributed by atoms with Crippen LogP contribution in [0.25, 0.3) is 0 Å². The highest BCUT2D eigenvalue weighted by Gasteiger charge is 2.31. The van der Waals surface area contributed by atoms with Crippen LogP contribution in [0.5, 0.6) is 0 Å². The van der Waals surface area contributed by atoms with Crippen molar-refractivity contribution in [1.82, 2.24) is 0 Å². The van der Waals surface area contributed by atoms with Crippen LogP contribution in [0, 0.1) is 11.3 Å². The van der Waals surface area contributed by atoms with E-state index >= 15 is 0 Å². The van der Waals surface area contributed by atoms with Gasteiger partial charge in [0.05, 0.1) is 12.5 Å². The standard InChI is InChI=1S/C11H21ClO2/c1-5-14-10(13)9(7-6-8-12)11(2,3)4/h9H,5-8H2,1-4H3. The predicted molar refractivity (Wildman–Crippen MR) is 59.5 cm³/mol. The molecule has 1 atom stereocenters. The minimum Gasteiger partial charge on any atom is -0.466 e. The second-order valence-corrected chi connectivity index (χ2v) is 4.88. The summed E-state index contributed by atoms with van der Waals surface area (Å²) < 4.78 is 5.05. The molecule has 0 aliphatic heterocycles. The number of halogens is 1. The fraction of sp³-hybridized carbons (Fsp3) is 0.909. The van der Waals surface area contributed by atoms with E-state index in [1.807, 2.05) is 6.92 Å². The molecule has 0 saturated carbocycles. The predicted octanol–water partition coefficient (Wildman–Crippen LogP) is 3.23. The summed E-state index contributed by atoms with van der Waals surface area (Å²) in [5.74, 6) is 0.470. The Kier molecular flexibility index (Phi) is 6.17. The lowest BCUT2D eigenvalue weighted by Gasteiger charge is -2.28. The molecule has 0 N–H and O–H groups in total. The van der Waals surface area contributed by atoms with E-state index in [9.17, 15) is 4.79 Å². The zero-order valence-corrected chi connectivity index (χ0v) is 10.4. The van der Waals surface area contributed by atoms with Crippen LogP contribution >= 0.6 is 11.6 Å². The van der Waals surface area contributed by atoms with Crippen molar-refractivity contribution in [2.75, 3.05) is 12.5 Å². The summed E-state index contributed by atoms with van der Waals surface area (Å²) in [4.78, 5) is 11.6. The molecular weight excluding hydrogens is 200 g/mol. The summed E-state index contributed by atoms with van der Waals surface area (Å²) in [5, 5.41) is 0. The van der Waals surface area contributed by atoms with Gasteiger partial charge in [-0.05, 0) is 25.2 Å². The van der Waals surface area contributed by atoms with Crippen molar-refractivity contribution in [2.45, 2.75) is 40.5 Å². The smallest absolute Gasteiger partial charge is 0.309 e. The summed E-state index contributed by atoms with van der Waals surface area (Å²) in [6, 6.07) is 0. The molecule has 0 aliphatic carbocycles. The van der Waals surface area contributed by atoms with Crippen molar-refractivity contribution in [3.05, 3.63) is 0 Å². The average Bonchev–Trinajstić information content (AvgIpc) is 2.03. The summed E-state index contributed by atoms with van der Waals surface area (Å²) >= 11 is 5.63. The number of carbonyl (C=O) groups excluding carboxylic acids is 1. The number of ether oxygens (including phenoxy) is 1. The number of carbonyl (C=O) groups is 1. The summed E-state index contributed by atoms with van der Waals surface area (Å²) in [5.41, 5.74) is -0.0433. The van der Waals surface area contributed by atoms with Crippen LogP contribution in [0.15, 0.2) is 0 Å². The molecule has 0 aromatic rings. The molecule has 2 nitrogen and oxygen atoms in total. The van der Waals surface area contributed by atoms with Crippen LogP contribution in [-0.2, 0) is 9.53 Å². The molecule has 0 rings (SSSR count). The Balaban J connectivity index is 4.31. The van der Waals surface area contributed by atoms with Gasteiger partial charge in [-0.25, -0.2) is 0 Å². The molecule has 0 bridgehead atoms. The first-order chi connectivity index (χ1) is 6.43. The monoisotopic (exact) mass is 220 g/mol. The first-order valence-electron chi connectivity index (χ1n) is 5.16. The van der Waals surface area contributed by atoms with E-state index < -0.39 is 0 Å². The van der Waals surface area contributed by atoms with E-state index in [1.165, 1.54) is 0 Å². The maximum absolute atomic E-state index is 11.6. The lowest BCUT2D eigenvalue weighted by atomic mass is 9.78. The first kappa shape index (κ1) is 13.8. The van der Waals surface area contributed by atoms with E-state index in [0.717, 1.165) is 12.8 Å². The number of hydrogen-bond donors (Lipinski definition) is 0. The topological polar surface area (TPSA) is 26.3 Å². The molecule has 14 heavy (non-hydrogen) atoms. The first-order valence-corrected chi connectivity index (χ1v) is 5.69. The molecule has 0 heterocycles. The van der Waals surface area contributed by atoms with E-state index in [1.54, 1.807) is 0 Å². The third-order valence-corrected chi connectivity index (χ3v) is 2.51. The number of rotatable bonds is 5. The third-order valence-electron chi connectivity index (χ3n) is 2.24. The highest BCUT2D eigenvalue weighted by atomic mass is 35.5. The van der Waals surface area contributed by atoms with Gasteiger partial charge in [-0.2, -0.15) is 0 Å². The van der Waals surface area contributed by atoms with Crippen LogP contribution in [0.3, 0.4) is 0 Å². The van der Waals surface area contributed by atoms with E-state index in [4.69, 9.17) is 16.3 Å². The van der Waals surface area contributed by atoms with Crippen molar-refractivity contribution in [3.63, 3.8) is 0 Å². The van der Waals surface area contributed by atoms with Gasteiger partial charge < -0.3 is 4.74 Å². The number of esters is 1. The number of alkyl halides is 1. The quantitative estimate of drug-likeness (QED) is 0.525. The van der Waals surface area contributed by atoms with Crippen LogP contribution < -0.4 is 0 Å². The minimum atomic E-state index is -0.0925. The Bertz CT molecular complexity index is 173. The van der Waals surface area contributed by atoms with E-state index in [0.29, 0.717) is 12.5 Å². The molecule has 0 aromatic heterocycles. The molecule has 0 amide bonds. The van der Waals surface area contributed by atoms with Gasteiger partial charge in [0.1, 0.15) is 0 Å². The van der Waals surface area contributed by atoms with Gasteiger partial charge in [0.15, 0.2) is 0 Å². The van der Waals surface area contributed by atoms with Crippen LogP contribution in [0.2, 0.25) is 0 Å². The van der Waals surface area contributed by atoms with Crippen molar-refractivity contribution >= 4 is 17.6 Å². The Morgan fingerprint density at radius 2 is 2.00 bits per heavy atom. The molecule has 3 heteroatoms. The normalized spacial score (nSPS) is 13.8. The largest absolute Gasteiger partial charge is 0.466 e. The highest BCUT2D eigenvalue weighted by Crippen LogP contribution is 2.30. The molecular formula is C11H21ClO2. The lowest BCUT2D eigenvalue weighted by Crippen LogP contribution is -2.30. The van der Waals surface area contributed by atoms with Crippen molar-refractivity contribution < 1.29 is 9.53 Å². The Morgan fingerprint density at radius 1 is 1.43 bits per heavy atom. The highest BCUT2D eigenvalue weighted by molar-refractivity contribution is 6.17. The SMILES string of the molecule is CCOC(=O)C(CCCCl)C(C)(C)C.